The molecule has 0 bridgehead atoms. The highest BCUT2D eigenvalue weighted by Crippen LogP contribution is 2.16. The molecule has 0 aliphatic rings. The molecule has 96 valence electrons. The van der Waals surface area contributed by atoms with E-state index in [4.69, 9.17) is 10.5 Å². The average Bonchev–Trinajstić information content (AvgIpc) is 2.34. The molecule has 0 amide bonds. The van der Waals surface area contributed by atoms with Gasteiger partial charge in [0.15, 0.2) is 0 Å². The average molecular weight is 235 g/mol. The Morgan fingerprint density at radius 3 is 2.47 bits per heavy atom. The van der Waals surface area contributed by atoms with E-state index in [9.17, 15) is 0 Å². The van der Waals surface area contributed by atoms with Crippen LogP contribution in [0.1, 0.15) is 33.1 Å². The Morgan fingerprint density at radius 2 is 1.88 bits per heavy atom. The maximum absolute atomic E-state index is 5.77. The van der Waals surface area contributed by atoms with E-state index in [2.05, 4.69) is 13.8 Å². The summed E-state index contributed by atoms with van der Waals surface area (Å²) in [6, 6.07) is 9.98. The summed E-state index contributed by atoms with van der Waals surface area (Å²) in [5.41, 5.74) is 5.77. The number of nitrogens with two attached hydrogens (primary N) is 1. The third kappa shape index (κ3) is 6.32. The van der Waals surface area contributed by atoms with Gasteiger partial charge in [0.2, 0.25) is 0 Å². The molecule has 17 heavy (non-hydrogen) atoms. The Hall–Kier alpha value is -1.02. The minimum Gasteiger partial charge on any atom is -0.494 e. The van der Waals surface area contributed by atoms with E-state index in [1.807, 2.05) is 30.3 Å². The van der Waals surface area contributed by atoms with Crippen LogP contribution in [-0.2, 0) is 0 Å². The zero-order valence-electron chi connectivity index (χ0n) is 11.1. The normalized spacial score (nSPS) is 12.7. The van der Waals surface area contributed by atoms with Crippen molar-refractivity contribution in [3.63, 3.8) is 0 Å². The lowest BCUT2D eigenvalue weighted by Crippen LogP contribution is -2.17. The lowest BCUT2D eigenvalue weighted by atomic mass is 9.93. The Balaban J connectivity index is 2.14. The summed E-state index contributed by atoms with van der Waals surface area (Å²) in [6.45, 7) is 6.09. The van der Waals surface area contributed by atoms with Crippen LogP contribution >= 0.6 is 0 Å². The van der Waals surface area contributed by atoms with Crippen LogP contribution in [0.2, 0.25) is 0 Å². The van der Waals surface area contributed by atoms with Crippen molar-refractivity contribution in [2.45, 2.75) is 33.1 Å². The smallest absolute Gasteiger partial charge is 0.119 e. The molecule has 1 unspecified atom stereocenters. The highest BCUT2D eigenvalue weighted by molar-refractivity contribution is 5.20. The predicted molar refractivity (Wildman–Crippen MR) is 73.2 cm³/mol. The van der Waals surface area contributed by atoms with Crippen molar-refractivity contribution in [1.82, 2.24) is 0 Å². The van der Waals surface area contributed by atoms with Crippen LogP contribution in [0.4, 0.5) is 0 Å². The van der Waals surface area contributed by atoms with Crippen molar-refractivity contribution >= 4 is 0 Å². The van der Waals surface area contributed by atoms with Crippen molar-refractivity contribution in [2.75, 3.05) is 13.2 Å². The van der Waals surface area contributed by atoms with Crippen molar-refractivity contribution in [2.24, 2.45) is 17.6 Å². The van der Waals surface area contributed by atoms with Gasteiger partial charge in [-0.1, -0.05) is 32.0 Å². The molecule has 0 aliphatic heterocycles. The van der Waals surface area contributed by atoms with Gasteiger partial charge in [-0.2, -0.15) is 0 Å². The molecule has 2 N–H and O–H groups in total. The minimum absolute atomic E-state index is 0.648. The fourth-order valence-electron chi connectivity index (χ4n) is 2.08. The Morgan fingerprint density at radius 1 is 1.18 bits per heavy atom. The Labute approximate surface area is 105 Å². The van der Waals surface area contributed by atoms with Gasteiger partial charge in [-0.25, -0.2) is 0 Å². The molecule has 0 radical (unpaired) electrons. The molecular formula is C15H25NO. The largest absolute Gasteiger partial charge is 0.494 e. The molecule has 0 fully saturated rings. The topological polar surface area (TPSA) is 35.2 Å². The summed E-state index contributed by atoms with van der Waals surface area (Å²) >= 11 is 0. The molecule has 1 rings (SSSR count). The molecular weight excluding hydrogens is 210 g/mol. The number of benzene rings is 1. The van der Waals surface area contributed by atoms with Gasteiger partial charge in [-0.05, 0) is 49.8 Å². The van der Waals surface area contributed by atoms with Crippen LogP contribution in [0, 0.1) is 11.8 Å². The van der Waals surface area contributed by atoms with Crippen LogP contribution in [-0.4, -0.2) is 13.2 Å². The fourth-order valence-corrected chi connectivity index (χ4v) is 2.08. The molecule has 1 atom stereocenters. The summed E-state index contributed by atoms with van der Waals surface area (Å²) in [4.78, 5) is 0. The van der Waals surface area contributed by atoms with Crippen LogP contribution in [0.25, 0.3) is 0 Å². The van der Waals surface area contributed by atoms with Gasteiger partial charge in [0.05, 0.1) is 6.61 Å². The van der Waals surface area contributed by atoms with E-state index in [1.165, 1.54) is 12.8 Å². The minimum atomic E-state index is 0.648. The number of ether oxygens (including phenoxy) is 1. The zero-order valence-corrected chi connectivity index (χ0v) is 11.1. The summed E-state index contributed by atoms with van der Waals surface area (Å²) in [5.74, 6) is 2.34. The second-order valence-electron chi connectivity index (χ2n) is 5.04. The Bertz CT molecular complexity index is 284. The SMILES string of the molecule is CC(C)CC(CN)CCCOc1ccccc1. The van der Waals surface area contributed by atoms with Gasteiger partial charge in [0.25, 0.3) is 0 Å². The molecule has 2 heteroatoms. The van der Waals surface area contributed by atoms with Gasteiger partial charge in [-0.15, -0.1) is 0 Å². The lowest BCUT2D eigenvalue weighted by Gasteiger charge is -2.16. The van der Waals surface area contributed by atoms with Crippen LogP contribution in [0.5, 0.6) is 5.75 Å². The molecule has 0 heterocycles. The van der Waals surface area contributed by atoms with Gasteiger partial charge in [0, 0.05) is 0 Å². The van der Waals surface area contributed by atoms with Gasteiger partial charge >= 0.3 is 0 Å². The van der Waals surface area contributed by atoms with Crippen molar-refractivity contribution in [1.29, 1.82) is 0 Å². The van der Waals surface area contributed by atoms with E-state index in [1.54, 1.807) is 0 Å². The van der Waals surface area contributed by atoms with Gasteiger partial charge in [-0.3, -0.25) is 0 Å². The first-order valence-corrected chi connectivity index (χ1v) is 6.60. The van der Waals surface area contributed by atoms with Crippen molar-refractivity contribution in [3.8, 4) is 5.75 Å². The highest BCUT2D eigenvalue weighted by Gasteiger charge is 2.08. The maximum Gasteiger partial charge on any atom is 0.119 e. The van der Waals surface area contributed by atoms with Crippen LogP contribution < -0.4 is 10.5 Å². The maximum atomic E-state index is 5.77. The molecule has 1 aromatic rings. The summed E-state index contributed by atoms with van der Waals surface area (Å²) < 4.78 is 5.67. The third-order valence-electron chi connectivity index (χ3n) is 2.91. The summed E-state index contributed by atoms with van der Waals surface area (Å²) in [6.07, 6.45) is 3.48. The third-order valence-corrected chi connectivity index (χ3v) is 2.91. The second kappa shape index (κ2) is 8.13. The van der Waals surface area contributed by atoms with Crippen LogP contribution in [0.15, 0.2) is 30.3 Å². The molecule has 2 nitrogen and oxygen atoms in total. The first-order valence-electron chi connectivity index (χ1n) is 6.60. The number of rotatable bonds is 8. The standard InChI is InChI=1S/C15H25NO/c1-13(2)11-14(12-16)7-6-10-17-15-8-4-3-5-9-15/h3-5,8-9,13-14H,6-7,10-12,16H2,1-2H3. The van der Waals surface area contributed by atoms with Crippen molar-refractivity contribution < 1.29 is 4.74 Å². The molecule has 0 saturated heterocycles. The van der Waals surface area contributed by atoms with E-state index < -0.39 is 0 Å². The predicted octanol–water partition coefficient (Wildman–Crippen LogP) is 3.47. The fraction of sp³-hybridized carbons (Fsp3) is 0.600. The quantitative estimate of drug-likeness (QED) is 0.700. The molecule has 0 aliphatic carbocycles. The molecule has 1 aromatic carbocycles. The second-order valence-corrected chi connectivity index (χ2v) is 5.04. The molecule has 0 saturated carbocycles. The van der Waals surface area contributed by atoms with Crippen LogP contribution in [0.3, 0.4) is 0 Å². The Kier molecular flexibility index (Phi) is 6.71. The first kappa shape index (κ1) is 14.0. The van der Waals surface area contributed by atoms with Gasteiger partial charge < -0.3 is 10.5 Å². The number of hydrogen-bond acceptors (Lipinski definition) is 2. The monoisotopic (exact) mass is 235 g/mol. The van der Waals surface area contributed by atoms with E-state index >= 15 is 0 Å². The van der Waals surface area contributed by atoms with E-state index in [0.29, 0.717) is 5.92 Å². The molecule has 0 spiro atoms. The van der Waals surface area contributed by atoms with E-state index in [-0.39, 0.29) is 0 Å². The van der Waals surface area contributed by atoms with E-state index in [0.717, 1.165) is 31.2 Å². The lowest BCUT2D eigenvalue weighted by molar-refractivity contribution is 0.283. The summed E-state index contributed by atoms with van der Waals surface area (Å²) in [7, 11) is 0. The number of para-hydroxylation sites is 1. The number of hydrogen-bond donors (Lipinski definition) is 1. The highest BCUT2D eigenvalue weighted by atomic mass is 16.5. The molecule has 0 aromatic heterocycles. The van der Waals surface area contributed by atoms with Crippen molar-refractivity contribution in [3.05, 3.63) is 30.3 Å². The zero-order chi connectivity index (χ0) is 12.5. The first-order chi connectivity index (χ1) is 8.22. The summed E-state index contributed by atoms with van der Waals surface area (Å²) in [5, 5.41) is 0. The van der Waals surface area contributed by atoms with Gasteiger partial charge in [0.1, 0.15) is 5.75 Å².